The highest BCUT2D eigenvalue weighted by molar-refractivity contribution is 5.73. The number of carbonyl (C=O) groups is 1. The predicted molar refractivity (Wildman–Crippen MR) is 89.3 cm³/mol. The summed E-state index contributed by atoms with van der Waals surface area (Å²) >= 11 is 0. The van der Waals surface area contributed by atoms with Crippen molar-refractivity contribution in [3.63, 3.8) is 0 Å². The van der Waals surface area contributed by atoms with Gasteiger partial charge in [0.1, 0.15) is 6.29 Å². The first kappa shape index (κ1) is 16.8. The molecule has 0 heterocycles. The molecule has 2 aromatic carbocycles. The van der Waals surface area contributed by atoms with Gasteiger partial charge in [0, 0.05) is 6.54 Å². The minimum Gasteiger partial charge on any atom is -0.493 e. The van der Waals surface area contributed by atoms with Crippen LogP contribution in [0.5, 0.6) is 17.2 Å². The average Bonchev–Trinajstić information content (AvgIpc) is 2.61. The summed E-state index contributed by atoms with van der Waals surface area (Å²) in [7, 11) is 4.77. The Morgan fingerprint density at radius 3 is 2.22 bits per heavy atom. The van der Waals surface area contributed by atoms with Crippen LogP contribution in [-0.2, 0) is 11.3 Å². The lowest BCUT2D eigenvalue weighted by Crippen LogP contribution is -2.15. The molecule has 5 nitrogen and oxygen atoms in total. The van der Waals surface area contributed by atoms with Crippen LogP contribution in [-0.4, -0.2) is 34.2 Å². The van der Waals surface area contributed by atoms with Gasteiger partial charge >= 0.3 is 0 Å². The molecule has 0 fully saturated rings. The highest BCUT2D eigenvalue weighted by Gasteiger charge is 2.15. The van der Waals surface area contributed by atoms with Crippen LogP contribution in [0, 0.1) is 0 Å². The van der Waals surface area contributed by atoms with Crippen LogP contribution in [0.4, 0.5) is 0 Å². The van der Waals surface area contributed by atoms with Gasteiger partial charge in [-0.2, -0.15) is 0 Å². The van der Waals surface area contributed by atoms with E-state index in [0.717, 1.165) is 23.0 Å². The smallest absolute Gasteiger partial charge is 0.203 e. The number of methoxy groups -OCH3 is 3. The Morgan fingerprint density at radius 2 is 1.65 bits per heavy atom. The second kappa shape index (κ2) is 8.19. The molecule has 0 aliphatic rings. The summed E-state index contributed by atoms with van der Waals surface area (Å²) in [6.07, 6.45) is 0.849. The summed E-state index contributed by atoms with van der Waals surface area (Å²) in [4.78, 5) is 10.5. The van der Waals surface area contributed by atoms with Crippen molar-refractivity contribution in [1.29, 1.82) is 0 Å². The molecule has 2 rings (SSSR count). The van der Waals surface area contributed by atoms with Gasteiger partial charge in [0.25, 0.3) is 0 Å². The number of rotatable bonds is 8. The Hall–Kier alpha value is -2.53. The zero-order valence-corrected chi connectivity index (χ0v) is 13.6. The lowest BCUT2D eigenvalue weighted by atomic mass is 9.98. The van der Waals surface area contributed by atoms with E-state index in [1.54, 1.807) is 21.3 Å². The summed E-state index contributed by atoms with van der Waals surface area (Å²) < 4.78 is 16.2. The Morgan fingerprint density at radius 1 is 1.00 bits per heavy atom. The number of nitrogens with one attached hydrogen (secondary N) is 1. The van der Waals surface area contributed by atoms with E-state index >= 15 is 0 Å². The van der Waals surface area contributed by atoms with Crippen molar-refractivity contribution in [2.24, 2.45) is 0 Å². The van der Waals surface area contributed by atoms with Crippen LogP contribution in [0.15, 0.2) is 36.4 Å². The molecule has 5 heteroatoms. The molecular formula is C18H21NO4. The number of ether oxygens (including phenoxy) is 3. The van der Waals surface area contributed by atoms with E-state index in [2.05, 4.69) is 5.32 Å². The summed E-state index contributed by atoms with van der Waals surface area (Å²) in [6, 6.07) is 11.8. The van der Waals surface area contributed by atoms with Crippen LogP contribution in [0.3, 0.4) is 0 Å². The zero-order valence-electron chi connectivity index (χ0n) is 13.6. The lowest BCUT2D eigenvalue weighted by Gasteiger charge is -2.16. The second-order valence-electron chi connectivity index (χ2n) is 4.87. The molecule has 1 N–H and O–H groups in total. The van der Waals surface area contributed by atoms with Crippen LogP contribution in [0.25, 0.3) is 11.1 Å². The number of carbonyl (C=O) groups excluding carboxylic acids is 1. The third-order valence-electron chi connectivity index (χ3n) is 3.54. The molecule has 0 aliphatic heterocycles. The summed E-state index contributed by atoms with van der Waals surface area (Å²) in [6.45, 7) is 0.926. The fraction of sp³-hybridized carbons (Fsp3) is 0.278. The van der Waals surface area contributed by atoms with Gasteiger partial charge in [-0.3, -0.25) is 0 Å². The molecule has 0 aromatic heterocycles. The molecule has 0 unspecified atom stereocenters. The molecule has 0 amide bonds. The van der Waals surface area contributed by atoms with E-state index in [1.807, 2.05) is 36.4 Å². The van der Waals surface area contributed by atoms with Crippen molar-refractivity contribution < 1.29 is 19.0 Å². The third-order valence-corrected chi connectivity index (χ3v) is 3.54. The van der Waals surface area contributed by atoms with Crippen LogP contribution >= 0.6 is 0 Å². The number of benzene rings is 2. The van der Waals surface area contributed by atoms with Gasteiger partial charge in [-0.05, 0) is 28.8 Å². The molecule has 0 atom stereocenters. The van der Waals surface area contributed by atoms with E-state index in [4.69, 9.17) is 14.2 Å². The zero-order chi connectivity index (χ0) is 16.7. The highest BCUT2D eigenvalue weighted by atomic mass is 16.5. The van der Waals surface area contributed by atoms with Crippen LogP contribution in [0.1, 0.15) is 5.56 Å². The Kier molecular flexibility index (Phi) is 6.00. The van der Waals surface area contributed by atoms with Crippen molar-refractivity contribution in [2.45, 2.75) is 6.54 Å². The molecule has 0 spiro atoms. The standard InChI is InChI=1S/C18H21NO4/c1-21-16-10-14(11-17(22-2)18(16)23-3)15-7-5-4-6-13(15)12-19-8-9-20/h4-7,9-11,19H,8,12H2,1-3H3. The van der Waals surface area contributed by atoms with Crippen molar-refractivity contribution in [2.75, 3.05) is 27.9 Å². The third kappa shape index (κ3) is 3.81. The number of aldehydes is 1. The molecule has 0 saturated carbocycles. The monoisotopic (exact) mass is 315 g/mol. The van der Waals surface area contributed by atoms with E-state index in [0.29, 0.717) is 30.3 Å². The SMILES string of the molecule is COc1cc(-c2ccccc2CNCC=O)cc(OC)c1OC. The summed E-state index contributed by atoms with van der Waals surface area (Å²) in [5.41, 5.74) is 3.09. The molecular weight excluding hydrogens is 294 g/mol. The quantitative estimate of drug-likeness (QED) is 0.599. The first-order valence-electron chi connectivity index (χ1n) is 7.27. The van der Waals surface area contributed by atoms with Gasteiger partial charge in [-0.1, -0.05) is 24.3 Å². The molecule has 0 saturated heterocycles. The predicted octanol–water partition coefficient (Wildman–Crippen LogP) is 2.67. The average molecular weight is 315 g/mol. The highest BCUT2D eigenvalue weighted by Crippen LogP contribution is 2.41. The van der Waals surface area contributed by atoms with Gasteiger partial charge in [-0.25, -0.2) is 0 Å². The van der Waals surface area contributed by atoms with Gasteiger partial charge < -0.3 is 24.3 Å². The Labute approximate surface area is 136 Å². The fourth-order valence-electron chi connectivity index (χ4n) is 2.46. The van der Waals surface area contributed by atoms with E-state index in [-0.39, 0.29) is 0 Å². The van der Waals surface area contributed by atoms with Crippen molar-refractivity contribution >= 4 is 6.29 Å². The van der Waals surface area contributed by atoms with E-state index < -0.39 is 0 Å². The molecule has 0 aliphatic carbocycles. The largest absolute Gasteiger partial charge is 0.493 e. The maximum Gasteiger partial charge on any atom is 0.203 e. The molecule has 122 valence electrons. The van der Waals surface area contributed by atoms with Crippen molar-refractivity contribution in [1.82, 2.24) is 5.32 Å². The minimum absolute atomic E-state index is 0.323. The van der Waals surface area contributed by atoms with Crippen molar-refractivity contribution in [3.05, 3.63) is 42.0 Å². The maximum absolute atomic E-state index is 10.5. The van der Waals surface area contributed by atoms with Gasteiger partial charge in [0.2, 0.25) is 5.75 Å². The first-order valence-corrected chi connectivity index (χ1v) is 7.27. The molecule has 23 heavy (non-hydrogen) atoms. The number of hydrogen-bond donors (Lipinski definition) is 1. The van der Waals surface area contributed by atoms with E-state index in [1.165, 1.54) is 0 Å². The summed E-state index contributed by atoms with van der Waals surface area (Å²) in [5.74, 6) is 1.78. The first-order chi connectivity index (χ1) is 11.2. The van der Waals surface area contributed by atoms with Gasteiger partial charge in [-0.15, -0.1) is 0 Å². The van der Waals surface area contributed by atoms with Gasteiger partial charge in [0.15, 0.2) is 11.5 Å². The topological polar surface area (TPSA) is 56.8 Å². The molecule has 0 bridgehead atoms. The Bertz CT molecular complexity index is 645. The molecule has 2 aromatic rings. The minimum atomic E-state index is 0.323. The van der Waals surface area contributed by atoms with Gasteiger partial charge in [0.05, 0.1) is 27.9 Å². The molecule has 0 radical (unpaired) electrons. The Balaban J connectivity index is 2.47. The summed E-state index contributed by atoms with van der Waals surface area (Å²) in [5, 5.41) is 3.09. The number of hydrogen-bond acceptors (Lipinski definition) is 5. The van der Waals surface area contributed by atoms with Crippen LogP contribution < -0.4 is 19.5 Å². The maximum atomic E-state index is 10.5. The van der Waals surface area contributed by atoms with E-state index in [9.17, 15) is 4.79 Å². The van der Waals surface area contributed by atoms with Crippen LogP contribution in [0.2, 0.25) is 0 Å². The normalized spacial score (nSPS) is 10.2. The van der Waals surface area contributed by atoms with Crippen molar-refractivity contribution in [3.8, 4) is 28.4 Å². The fourth-order valence-corrected chi connectivity index (χ4v) is 2.46. The lowest BCUT2D eigenvalue weighted by molar-refractivity contribution is -0.107. The second-order valence-corrected chi connectivity index (χ2v) is 4.87.